The van der Waals surface area contributed by atoms with Crippen molar-refractivity contribution in [3.63, 3.8) is 0 Å². The van der Waals surface area contributed by atoms with Crippen LogP contribution in [0, 0.1) is 6.92 Å². The van der Waals surface area contributed by atoms with Crippen molar-refractivity contribution in [2.45, 2.75) is 45.4 Å². The molecule has 1 heterocycles. The molecular formula is C20H26BrNO2. The number of ether oxygens (including phenoxy) is 1. The molecule has 0 N–H and O–H groups in total. The van der Waals surface area contributed by atoms with E-state index in [0.717, 1.165) is 10.00 Å². The summed E-state index contributed by atoms with van der Waals surface area (Å²) in [6.07, 6.45) is 5.25. The highest BCUT2D eigenvalue weighted by atomic mass is 79.9. The van der Waals surface area contributed by atoms with Crippen molar-refractivity contribution in [2.24, 2.45) is 7.05 Å². The average Bonchev–Trinajstić information content (AvgIpc) is 3.14. The summed E-state index contributed by atoms with van der Waals surface area (Å²) >= 11 is 3.08. The number of fused-ring (bicyclic) bond motifs is 1. The molecule has 0 radical (unpaired) electrons. The molecule has 1 aromatic heterocycles. The molecule has 1 aromatic carbocycles. The third kappa shape index (κ3) is 3.92. The van der Waals surface area contributed by atoms with Gasteiger partial charge in [0.2, 0.25) is 0 Å². The maximum atomic E-state index is 11.7. The molecule has 1 aliphatic carbocycles. The molecule has 0 spiro atoms. The zero-order chi connectivity index (χ0) is 17.9. The number of methoxy groups -OCH3 is 1. The fraction of sp³-hybridized carbons (Fsp3) is 0.450. The van der Waals surface area contributed by atoms with Gasteiger partial charge in [-0.15, -0.1) is 0 Å². The van der Waals surface area contributed by atoms with Gasteiger partial charge < -0.3 is 9.30 Å². The first-order valence-electron chi connectivity index (χ1n) is 8.35. The highest BCUT2D eigenvalue weighted by Crippen LogP contribution is 2.40. The Balaban J connectivity index is 0.000000471. The highest BCUT2D eigenvalue weighted by molar-refractivity contribution is 9.11. The summed E-state index contributed by atoms with van der Waals surface area (Å²) < 4.78 is 8.00. The first kappa shape index (κ1) is 18.8. The van der Waals surface area contributed by atoms with Gasteiger partial charge in [0.1, 0.15) is 0 Å². The van der Waals surface area contributed by atoms with Crippen LogP contribution < -0.4 is 0 Å². The van der Waals surface area contributed by atoms with Gasteiger partial charge in [0.25, 0.3) is 0 Å². The summed E-state index contributed by atoms with van der Waals surface area (Å²) in [5.41, 5.74) is 4.57. The van der Waals surface area contributed by atoms with E-state index in [1.54, 1.807) is 0 Å². The number of hydrogen-bond donors (Lipinski definition) is 0. The summed E-state index contributed by atoms with van der Waals surface area (Å²) in [4.78, 5) is 11.7. The first-order chi connectivity index (χ1) is 11.4. The van der Waals surface area contributed by atoms with Gasteiger partial charge in [0, 0.05) is 23.6 Å². The van der Waals surface area contributed by atoms with E-state index >= 15 is 0 Å². The molecule has 1 saturated carbocycles. The third-order valence-corrected chi connectivity index (χ3v) is 4.73. The molecule has 130 valence electrons. The predicted octanol–water partition coefficient (Wildman–Crippen LogP) is 5.85. The SMILES string of the molecule is C=C(C)Br.COC(=O)c1ccc2c(C3CCCC3)c(C)n(C)c2c1. The fourth-order valence-corrected chi connectivity index (χ4v) is 3.57. The van der Waals surface area contributed by atoms with Crippen molar-refractivity contribution in [3.05, 3.63) is 46.1 Å². The van der Waals surface area contributed by atoms with Gasteiger partial charge >= 0.3 is 5.97 Å². The Morgan fingerprint density at radius 1 is 1.33 bits per heavy atom. The molecule has 0 saturated heterocycles. The lowest BCUT2D eigenvalue weighted by molar-refractivity contribution is 0.0601. The average molecular weight is 392 g/mol. The van der Waals surface area contributed by atoms with Gasteiger partial charge in [-0.3, -0.25) is 0 Å². The van der Waals surface area contributed by atoms with Crippen LogP contribution in [0.2, 0.25) is 0 Å². The largest absolute Gasteiger partial charge is 0.465 e. The van der Waals surface area contributed by atoms with Gasteiger partial charge in [-0.05, 0) is 54.8 Å². The minimum Gasteiger partial charge on any atom is -0.465 e. The summed E-state index contributed by atoms with van der Waals surface area (Å²) in [5.74, 6) is 0.413. The first-order valence-corrected chi connectivity index (χ1v) is 9.14. The molecule has 2 aromatic rings. The zero-order valence-electron chi connectivity index (χ0n) is 15.0. The molecule has 3 rings (SSSR count). The third-order valence-electron chi connectivity index (χ3n) is 4.73. The zero-order valence-corrected chi connectivity index (χ0v) is 16.6. The molecule has 4 heteroatoms. The van der Waals surface area contributed by atoms with Crippen LogP contribution in [0.4, 0.5) is 0 Å². The van der Waals surface area contributed by atoms with Crippen molar-refractivity contribution < 1.29 is 9.53 Å². The fourth-order valence-electron chi connectivity index (χ4n) is 3.57. The van der Waals surface area contributed by atoms with E-state index < -0.39 is 0 Å². The Kier molecular flexibility index (Phi) is 6.27. The Labute approximate surface area is 152 Å². The lowest BCUT2D eigenvalue weighted by atomic mass is 9.94. The van der Waals surface area contributed by atoms with Crippen LogP contribution in [0.25, 0.3) is 10.9 Å². The van der Waals surface area contributed by atoms with Crippen LogP contribution in [-0.2, 0) is 11.8 Å². The minimum atomic E-state index is -0.270. The lowest BCUT2D eigenvalue weighted by Gasteiger charge is -2.10. The van der Waals surface area contributed by atoms with E-state index in [2.05, 4.69) is 47.1 Å². The van der Waals surface area contributed by atoms with Gasteiger partial charge in [-0.25, -0.2) is 4.79 Å². The van der Waals surface area contributed by atoms with E-state index in [9.17, 15) is 4.79 Å². The lowest BCUT2D eigenvalue weighted by Crippen LogP contribution is -2.01. The molecule has 1 aliphatic rings. The number of carbonyl (C=O) groups excluding carboxylic acids is 1. The van der Waals surface area contributed by atoms with E-state index in [4.69, 9.17) is 4.74 Å². The van der Waals surface area contributed by atoms with Gasteiger partial charge in [0.15, 0.2) is 0 Å². The number of aromatic nitrogens is 1. The standard InChI is InChI=1S/C17H21NO2.C3H5Br/c1-11-16(12-6-4-5-7-12)14-9-8-13(17(19)20-3)10-15(14)18(11)2;1-3(2)4/h8-10,12H,4-7H2,1-3H3;1H2,2H3. The topological polar surface area (TPSA) is 31.2 Å². The molecule has 0 aliphatic heterocycles. The normalized spacial score (nSPS) is 14.4. The van der Waals surface area contributed by atoms with Crippen LogP contribution in [0.1, 0.15) is 60.1 Å². The quantitative estimate of drug-likeness (QED) is 0.601. The van der Waals surface area contributed by atoms with Crippen molar-refractivity contribution >= 4 is 32.8 Å². The van der Waals surface area contributed by atoms with Crippen molar-refractivity contribution in [2.75, 3.05) is 7.11 Å². The van der Waals surface area contributed by atoms with E-state index in [-0.39, 0.29) is 5.97 Å². The number of carbonyl (C=O) groups is 1. The maximum absolute atomic E-state index is 11.7. The molecule has 0 atom stereocenters. The van der Waals surface area contributed by atoms with Gasteiger partial charge in [0.05, 0.1) is 12.7 Å². The Bertz CT molecular complexity index is 751. The second kappa shape index (κ2) is 8.02. The maximum Gasteiger partial charge on any atom is 0.337 e. The monoisotopic (exact) mass is 391 g/mol. The van der Waals surface area contributed by atoms with Crippen molar-refractivity contribution in [3.8, 4) is 0 Å². The molecule has 1 fully saturated rings. The number of allylic oxidation sites excluding steroid dienone is 1. The predicted molar refractivity (Wildman–Crippen MR) is 104 cm³/mol. The number of benzene rings is 1. The molecule has 3 nitrogen and oxygen atoms in total. The summed E-state index contributed by atoms with van der Waals surface area (Å²) in [6, 6.07) is 5.92. The van der Waals surface area contributed by atoms with Crippen LogP contribution in [-0.4, -0.2) is 17.6 Å². The smallest absolute Gasteiger partial charge is 0.337 e. The Morgan fingerprint density at radius 2 is 1.92 bits per heavy atom. The minimum absolute atomic E-state index is 0.270. The number of hydrogen-bond acceptors (Lipinski definition) is 2. The van der Waals surface area contributed by atoms with Crippen molar-refractivity contribution in [1.29, 1.82) is 0 Å². The van der Waals surface area contributed by atoms with Crippen LogP contribution >= 0.6 is 15.9 Å². The van der Waals surface area contributed by atoms with E-state index in [0.29, 0.717) is 11.5 Å². The molecule has 0 unspecified atom stereocenters. The van der Waals surface area contributed by atoms with Crippen LogP contribution in [0.3, 0.4) is 0 Å². The summed E-state index contributed by atoms with van der Waals surface area (Å²) in [6.45, 7) is 7.55. The summed E-state index contributed by atoms with van der Waals surface area (Å²) in [7, 11) is 3.50. The van der Waals surface area contributed by atoms with Crippen LogP contribution in [0.15, 0.2) is 29.3 Å². The molecule has 0 bridgehead atoms. The van der Waals surface area contributed by atoms with Crippen LogP contribution in [0.5, 0.6) is 0 Å². The number of rotatable bonds is 2. The Hall–Kier alpha value is -1.55. The number of esters is 1. The second-order valence-electron chi connectivity index (χ2n) is 6.44. The highest BCUT2D eigenvalue weighted by Gasteiger charge is 2.24. The second-order valence-corrected chi connectivity index (χ2v) is 7.79. The molecular weight excluding hydrogens is 366 g/mol. The molecule has 24 heavy (non-hydrogen) atoms. The Morgan fingerprint density at radius 3 is 2.46 bits per heavy atom. The number of nitrogens with zero attached hydrogens (tertiary/aromatic N) is 1. The molecule has 0 amide bonds. The number of halogens is 1. The van der Waals surface area contributed by atoms with Crippen molar-refractivity contribution in [1.82, 2.24) is 4.57 Å². The number of aryl methyl sites for hydroxylation is 1. The summed E-state index contributed by atoms with van der Waals surface area (Å²) in [5, 5.41) is 1.30. The van der Waals surface area contributed by atoms with E-state index in [1.807, 2.05) is 19.1 Å². The van der Waals surface area contributed by atoms with Gasteiger partial charge in [-0.1, -0.05) is 41.4 Å². The van der Waals surface area contributed by atoms with E-state index in [1.165, 1.54) is 49.4 Å². The van der Waals surface area contributed by atoms with Gasteiger partial charge in [-0.2, -0.15) is 0 Å².